The molecule has 0 spiro atoms. The Balaban J connectivity index is 1.94. The van der Waals surface area contributed by atoms with Crippen molar-refractivity contribution in [2.45, 2.75) is 6.04 Å². The van der Waals surface area contributed by atoms with Crippen LogP contribution in [0.5, 0.6) is 5.75 Å². The average Bonchev–Trinajstić information content (AvgIpc) is 3.00. The van der Waals surface area contributed by atoms with Crippen molar-refractivity contribution >= 4 is 34.7 Å². The maximum absolute atomic E-state index is 12.9. The van der Waals surface area contributed by atoms with Crippen molar-refractivity contribution < 1.29 is 19.8 Å². The minimum absolute atomic E-state index is 0.00315. The number of carbonyl (C=O) groups is 2. The first kappa shape index (κ1) is 18.8. The first-order chi connectivity index (χ1) is 14.0. The van der Waals surface area contributed by atoms with Gasteiger partial charge in [-0.3, -0.25) is 14.5 Å². The van der Waals surface area contributed by atoms with E-state index >= 15 is 0 Å². The normalized spacial score (nSPS) is 18.2. The van der Waals surface area contributed by atoms with Gasteiger partial charge in [0, 0.05) is 16.3 Å². The highest BCUT2D eigenvalue weighted by atomic mass is 35.5. The summed E-state index contributed by atoms with van der Waals surface area (Å²) in [6.45, 7) is 0. The number of carbonyl (C=O) groups excluding carboxylic acids is 2. The van der Waals surface area contributed by atoms with Crippen molar-refractivity contribution in [2.75, 3.05) is 4.90 Å². The molecule has 144 valence electrons. The summed E-state index contributed by atoms with van der Waals surface area (Å²) in [6, 6.07) is 20.5. The molecule has 3 aromatic carbocycles. The molecule has 0 aromatic heterocycles. The molecular formula is C23H16ClNO4. The fourth-order valence-corrected chi connectivity index (χ4v) is 3.55. The molecule has 1 atom stereocenters. The zero-order valence-corrected chi connectivity index (χ0v) is 15.9. The SMILES string of the molecule is O=C1C(=O)N(c2ccc(O)cc2)C(c2ccc(Cl)cc2)/C1=C(/O)c1ccccc1. The summed E-state index contributed by atoms with van der Waals surface area (Å²) in [5.74, 6) is -1.74. The summed E-state index contributed by atoms with van der Waals surface area (Å²) in [6.07, 6.45) is 0. The molecule has 0 radical (unpaired) electrons. The van der Waals surface area contributed by atoms with Gasteiger partial charge < -0.3 is 10.2 Å². The number of halogens is 1. The second-order valence-corrected chi connectivity index (χ2v) is 7.04. The van der Waals surface area contributed by atoms with E-state index in [-0.39, 0.29) is 17.1 Å². The molecule has 1 aliphatic heterocycles. The van der Waals surface area contributed by atoms with Gasteiger partial charge in [-0.15, -0.1) is 0 Å². The van der Waals surface area contributed by atoms with Crippen LogP contribution in [-0.4, -0.2) is 21.9 Å². The molecule has 0 bridgehead atoms. The van der Waals surface area contributed by atoms with E-state index in [9.17, 15) is 19.8 Å². The maximum Gasteiger partial charge on any atom is 0.300 e. The molecule has 3 aromatic rings. The van der Waals surface area contributed by atoms with Gasteiger partial charge in [0.2, 0.25) is 0 Å². The average molecular weight is 406 g/mol. The highest BCUT2D eigenvalue weighted by Gasteiger charge is 2.46. The van der Waals surface area contributed by atoms with Crippen LogP contribution in [0.2, 0.25) is 5.02 Å². The van der Waals surface area contributed by atoms with Gasteiger partial charge in [-0.2, -0.15) is 0 Å². The van der Waals surface area contributed by atoms with E-state index in [1.807, 2.05) is 0 Å². The largest absolute Gasteiger partial charge is 0.508 e. The molecule has 0 saturated carbocycles. The highest BCUT2D eigenvalue weighted by molar-refractivity contribution is 6.51. The molecule has 0 aliphatic carbocycles. The van der Waals surface area contributed by atoms with Crippen molar-refractivity contribution in [2.24, 2.45) is 0 Å². The lowest BCUT2D eigenvalue weighted by Gasteiger charge is -2.25. The number of aromatic hydroxyl groups is 1. The lowest BCUT2D eigenvalue weighted by atomic mass is 9.95. The van der Waals surface area contributed by atoms with E-state index < -0.39 is 17.7 Å². The number of phenolic OH excluding ortho intramolecular Hbond substituents is 1. The summed E-state index contributed by atoms with van der Waals surface area (Å²) in [5, 5.41) is 21.0. The van der Waals surface area contributed by atoms with Crippen molar-refractivity contribution in [1.82, 2.24) is 0 Å². The van der Waals surface area contributed by atoms with Crippen LogP contribution in [0, 0.1) is 0 Å². The number of ketones is 1. The molecule has 2 N–H and O–H groups in total. The summed E-state index contributed by atoms with van der Waals surface area (Å²) in [7, 11) is 0. The fourth-order valence-electron chi connectivity index (χ4n) is 3.42. The van der Waals surface area contributed by atoms with Gasteiger partial charge in [0.25, 0.3) is 11.7 Å². The van der Waals surface area contributed by atoms with E-state index in [1.54, 1.807) is 66.7 Å². The molecule has 1 aliphatic rings. The summed E-state index contributed by atoms with van der Waals surface area (Å²) in [4.78, 5) is 27.2. The van der Waals surface area contributed by atoms with Crippen LogP contribution in [0.1, 0.15) is 17.2 Å². The van der Waals surface area contributed by atoms with Crippen LogP contribution in [0.25, 0.3) is 5.76 Å². The lowest BCUT2D eigenvalue weighted by Crippen LogP contribution is -2.29. The Bertz CT molecular complexity index is 1110. The third-order valence-electron chi connectivity index (χ3n) is 4.81. The summed E-state index contributed by atoms with van der Waals surface area (Å²) >= 11 is 6.00. The van der Waals surface area contributed by atoms with Crippen molar-refractivity contribution in [1.29, 1.82) is 0 Å². The van der Waals surface area contributed by atoms with Crippen molar-refractivity contribution in [3.8, 4) is 5.75 Å². The number of hydrogen-bond acceptors (Lipinski definition) is 4. The highest BCUT2D eigenvalue weighted by Crippen LogP contribution is 2.42. The Labute approximate surface area is 172 Å². The molecule has 1 amide bonds. The van der Waals surface area contributed by atoms with Crippen LogP contribution in [0.4, 0.5) is 5.69 Å². The third-order valence-corrected chi connectivity index (χ3v) is 5.06. The number of hydrogen-bond donors (Lipinski definition) is 2. The molecule has 6 heteroatoms. The van der Waals surface area contributed by atoms with Crippen molar-refractivity contribution in [3.05, 3.63) is 101 Å². The topological polar surface area (TPSA) is 77.8 Å². The maximum atomic E-state index is 12.9. The van der Waals surface area contributed by atoms with E-state index in [0.29, 0.717) is 21.8 Å². The first-order valence-electron chi connectivity index (χ1n) is 8.88. The van der Waals surface area contributed by atoms with E-state index in [0.717, 1.165) is 0 Å². The molecule has 29 heavy (non-hydrogen) atoms. The Morgan fingerprint density at radius 3 is 2.10 bits per heavy atom. The Morgan fingerprint density at radius 2 is 1.48 bits per heavy atom. The van der Waals surface area contributed by atoms with Crippen LogP contribution in [0.15, 0.2) is 84.4 Å². The van der Waals surface area contributed by atoms with Gasteiger partial charge in [0.15, 0.2) is 0 Å². The number of aliphatic hydroxyl groups is 1. The molecule has 5 nitrogen and oxygen atoms in total. The first-order valence-corrected chi connectivity index (χ1v) is 9.26. The van der Waals surface area contributed by atoms with E-state index in [2.05, 4.69) is 0 Å². The second-order valence-electron chi connectivity index (χ2n) is 6.60. The predicted molar refractivity (Wildman–Crippen MR) is 111 cm³/mol. The number of rotatable bonds is 3. The number of aliphatic hydroxyl groups excluding tert-OH is 1. The summed E-state index contributed by atoms with van der Waals surface area (Å²) < 4.78 is 0. The molecule has 1 unspecified atom stereocenters. The summed E-state index contributed by atoms with van der Waals surface area (Å²) in [5.41, 5.74) is 1.49. The monoisotopic (exact) mass is 405 g/mol. The zero-order chi connectivity index (χ0) is 20.5. The number of amides is 1. The van der Waals surface area contributed by atoms with Crippen LogP contribution < -0.4 is 4.90 Å². The Hall–Kier alpha value is -3.57. The zero-order valence-electron chi connectivity index (χ0n) is 15.1. The number of phenols is 1. The second kappa shape index (κ2) is 7.45. The minimum atomic E-state index is -0.836. The standard InChI is InChI=1S/C23H16ClNO4/c24-16-8-6-14(7-9-16)20-19(21(27)15-4-2-1-3-5-15)22(28)23(29)25(20)17-10-12-18(26)13-11-17/h1-13,20,26-27H/b21-19-. The number of Topliss-reactive ketones (excluding diaryl/α,β-unsaturated/α-hetero) is 1. The Morgan fingerprint density at radius 1 is 0.862 bits per heavy atom. The predicted octanol–water partition coefficient (Wildman–Crippen LogP) is 4.67. The van der Waals surface area contributed by atoms with Crippen LogP contribution in [-0.2, 0) is 9.59 Å². The number of benzene rings is 3. The number of anilines is 1. The van der Waals surface area contributed by atoms with Crippen LogP contribution >= 0.6 is 11.6 Å². The molecule has 4 rings (SSSR count). The van der Waals surface area contributed by atoms with Gasteiger partial charge in [0.1, 0.15) is 11.5 Å². The van der Waals surface area contributed by atoms with E-state index in [1.165, 1.54) is 17.0 Å². The minimum Gasteiger partial charge on any atom is -0.508 e. The fraction of sp³-hybridized carbons (Fsp3) is 0.0435. The van der Waals surface area contributed by atoms with Gasteiger partial charge >= 0.3 is 0 Å². The van der Waals surface area contributed by atoms with Gasteiger partial charge in [-0.1, -0.05) is 54.1 Å². The molecule has 1 fully saturated rings. The van der Waals surface area contributed by atoms with Gasteiger partial charge in [-0.05, 0) is 42.0 Å². The lowest BCUT2D eigenvalue weighted by molar-refractivity contribution is -0.132. The quantitative estimate of drug-likeness (QED) is 0.377. The van der Waals surface area contributed by atoms with Gasteiger partial charge in [-0.25, -0.2) is 0 Å². The molecule has 1 heterocycles. The number of nitrogens with zero attached hydrogens (tertiary/aromatic N) is 1. The third kappa shape index (κ3) is 3.37. The molecule has 1 saturated heterocycles. The van der Waals surface area contributed by atoms with Crippen LogP contribution in [0.3, 0.4) is 0 Å². The molecular weight excluding hydrogens is 390 g/mol. The smallest absolute Gasteiger partial charge is 0.300 e. The van der Waals surface area contributed by atoms with Crippen molar-refractivity contribution in [3.63, 3.8) is 0 Å². The van der Waals surface area contributed by atoms with E-state index in [4.69, 9.17) is 11.6 Å². The van der Waals surface area contributed by atoms with Gasteiger partial charge in [0.05, 0.1) is 11.6 Å². The Kier molecular flexibility index (Phi) is 4.82.